The molecule has 0 aromatic carbocycles. The van der Waals surface area contributed by atoms with Crippen molar-refractivity contribution in [3.63, 3.8) is 0 Å². The number of ether oxygens (including phenoxy) is 1. The first-order valence-electron chi connectivity index (χ1n) is 4.78. The van der Waals surface area contributed by atoms with Gasteiger partial charge < -0.3 is 4.74 Å². The Kier molecular flexibility index (Phi) is 5.32. The molecule has 94 valence electrons. The van der Waals surface area contributed by atoms with Crippen LogP contribution < -0.4 is 0 Å². The maximum atomic E-state index is 13.5. The number of esters is 1. The third-order valence-electron chi connectivity index (χ3n) is 2.49. The predicted molar refractivity (Wildman–Crippen MR) is 55.3 cm³/mol. The molecule has 0 aliphatic rings. The van der Waals surface area contributed by atoms with Gasteiger partial charge in [-0.2, -0.15) is 8.78 Å². The normalized spacial score (nSPS) is 14.4. The van der Waals surface area contributed by atoms with Crippen molar-refractivity contribution in [2.45, 2.75) is 43.8 Å². The summed E-state index contributed by atoms with van der Waals surface area (Å²) in [6.45, 7) is 5.83. The van der Waals surface area contributed by atoms with Gasteiger partial charge >= 0.3 is 11.9 Å². The van der Waals surface area contributed by atoms with Gasteiger partial charge in [0.1, 0.15) is 0 Å². The molecule has 0 radical (unpaired) electrons. The van der Waals surface area contributed by atoms with Crippen LogP contribution in [0.1, 0.15) is 26.7 Å². The molecule has 1 atom stereocenters. The van der Waals surface area contributed by atoms with Crippen LogP contribution in [0.2, 0.25) is 0 Å². The minimum absolute atomic E-state index is 0.247. The molecular weight excluding hydrogens is 245 g/mol. The number of carbonyl (C=O) groups is 1. The van der Waals surface area contributed by atoms with E-state index in [0.717, 1.165) is 6.08 Å². The van der Waals surface area contributed by atoms with Gasteiger partial charge in [-0.1, -0.05) is 32.0 Å². The van der Waals surface area contributed by atoms with Crippen molar-refractivity contribution in [3.8, 4) is 0 Å². The van der Waals surface area contributed by atoms with Crippen LogP contribution in [-0.4, -0.2) is 23.1 Å². The summed E-state index contributed by atoms with van der Waals surface area (Å²) in [5.41, 5.74) is -5.15. The smallest absolute Gasteiger partial charge is 0.331 e. The highest BCUT2D eigenvalue weighted by Gasteiger charge is 2.59. The fraction of sp³-hybridized carbons (Fsp3) is 0.700. The minimum atomic E-state index is -3.95. The van der Waals surface area contributed by atoms with Crippen LogP contribution in [-0.2, 0) is 9.53 Å². The largest absolute Gasteiger partial charge is 0.449 e. The second-order valence-corrected chi connectivity index (χ2v) is 3.63. The molecule has 16 heavy (non-hydrogen) atoms. The summed E-state index contributed by atoms with van der Waals surface area (Å²) < 4.78 is 44.4. The Labute approximate surface area is 97.4 Å². The molecule has 0 N–H and O–H groups in total. The van der Waals surface area contributed by atoms with Gasteiger partial charge in [0, 0.05) is 6.08 Å². The Hall–Kier alpha value is -0.710. The first-order valence-corrected chi connectivity index (χ1v) is 5.22. The van der Waals surface area contributed by atoms with Crippen LogP contribution in [0.15, 0.2) is 12.7 Å². The zero-order valence-corrected chi connectivity index (χ0v) is 9.86. The van der Waals surface area contributed by atoms with E-state index in [0.29, 0.717) is 0 Å². The SMILES string of the molecule is C=CC(=O)OC(CC)(CC)C(F)(F)C(F)Cl. The number of hydrogen-bond donors (Lipinski definition) is 0. The minimum Gasteiger partial charge on any atom is -0.449 e. The van der Waals surface area contributed by atoms with Crippen molar-refractivity contribution in [1.29, 1.82) is 0 Å². The number of alkyl halides is 4. The molecular formula is C10H14ClF3O2. The molecule has 0 bridgehead atoms. The Balaban J connectivity index is 5.23. The fourth-order valence-electron chi connectivity index (χ4n) is 1.37. The lowest BCUT2D eigenvalue weighted by atomic mass is 9.89. The standard InChI is InChI=1S/C10H14ClF3O2/c1-4-7(15)16-9(5-2,6-3)10(13,14)8(11)12/h4,8H,1,5-6H2,2-3H3. The summed E-state index contributed by atoms with van der Waals surface area (Å²) in [7, 11) is 0. The number of hydrogen-bond acceptors (Lipinski definition) is 2. The van der Waals surface area contributed by atoms with Gasteiger partial charge in [0.2, 0.25) is 5.63 Å². The zero-order valence-electron chi connectivity index (χ0n) is 9.10. The Morgan fingerprint density at radius 3 is 2.19 bits per heavy atom. The third-order valence-corrected chi connectivity index (χ3v) is 2.76. The molecule has 0 aromatic heterocycles. The molecule has 0 aliphatic heterocycles. The van der Waals surface area contributed by atoms with Crippen molar-refractivity contribution in [3.05, 3.63) is 12.7 Å². The van der Waals surface area contributed by atoms with Crippen LogP contribution in [0.3, 0.4) is 0 Å². The summed E-state index contributed by atoms with van der Waals surface area (Å²) in [5, 5.41) is 0. The van der Waals surface area contributed by atoms with Gasteiger partial charge in [-0.05, 0) is 12.8 Å². The van der Waals surface area contributed by atoms with E-state index >= 15 is 0 Å². The predicted octanol–water partition coefficient (Wildman–Crippen LogP) is 3.44. The summed E-state index contributed by atoms with van der Waals surface area (Å²) in [6, 6.07) is 0. The van der Waals surface area contributed by atoms with Crippen molar-refractivity contribution >= 4 is 17.6 Å². The number of halogens is 4. The van der Waals surface area contributed by atoms with E-state index in [9.17, 15) is 18.0 Å². The maximum Gasteiger partial charge on any atom is 0.331 e. The van der Waals surface area contributed by atoms with E-state index < -0.39 is 23.1 Å². The summed E-state index contributed by atoms with van der Waals surface area (Å²) in [4.78, 5) is 11.0. The van der Waals surface area contributed by atoms with E-state index in [2.05, 4.69) is 11.3 Å². The lowest BCUT2D eigenvalue weighted by Crippen LogP contribution is -2.54. The topological polar surface area (TPSA) is 26.3 Å². The van der Waals surface area contributed by atoms with Crippen molar-refractivity contribution in [2.75, 3.05) is 0 Å². The van der Waals surface area contributed by atoms with E-state index in [-0.39, 0.29) is 12.8 Å². The third kappa shape index (κ3) is 2.70. The molecule has 0 aliphatic carbocycles. The Morgan fingerprint density at radius 2 is 1.94 bits per heavy atom. The first-order chi connectivity index (χ1) is 7.27. The van der Waals surface area contributed by atoms with Gasteiger partial charge in [0.25, 0.3) is 0 Å². The zero-order chi connectivity index (χ0) is 13.0. The van der Waals surface area contributed by atoms with Crippen LogP contribution in [0.4, 0.5) is 13.2 Å². The quantitative estimate of drug-likeness (QED) is 0.414. The van der Waals surface area contributed by atoms with Gasteiger partial charge in [-0.25, -0.2) is 9.18 Å². The summed E-state index contributed by atoms with van der Waals surface area (Å²) >= 11 is 4.80. The average molecular weight is 259 g/mol. The molecule has 0 saturated heterocycles. The fourth-order valence-corrected chi connectivity index (χ4v) is 1.57. The highest BCUT2D eigenvalue weighted by molar-refractivity contribution is 6.20. The molecule has 0 heterocycles. The number of carbonyl (C=O) groups excluding carboxylic acids is 1. The van der Waals surface area contributed by atoms with Crippen molar-refractivity contribution in [2.24, 2.45) is 0 Å². The van der Waals surface area contributed by atoms with Gasteiger partial charge in [0.05, 0.1) is 0 Å². The molecule has 0 aromatic rings. The van der Waals surface area contributed by atoms with Crippen LogP contribution in [0, 0.1) is 0 Å². The molecule has 0 fully saturated rings. The van der Waals surface area contributed by atoms with Crippen molar-refractivity contribution in [1.82, 2.24) is 0 Å². The molecule has 2 nitrogen and oxygen atoms in total. The maximum absolute atomic E-state index is 13.5. The van der Waals surface area contributed by atoms with E-state index in [1.54, 1.807) is 0 Å². The van der Waals surface area contributed by atoms with Crippen LogP contribution in [0.5, 0.6) is 0 Å². The first kappa shape index (κ1) is 15.3. The highest BCUT2D eigenvalue weighted by Crippen LogP contribution is 2.43. The molecule has 1 unspecified atom stereocenters. The van der Waals surface area contributed by atoms with Gasteiger partial charge in [0.15, 0.2) is 5.60 Å². The van der Waals surface area contributed by atoms with Crippen LogP contribution in [0.25, 0.3) is 0 Å². The van der Waals surface area contributed by atoms with Crippen LogP contribution >= 0.6 is 11.6 Å². The second kappa shape index (κ2) is 5.57. The van der Waals surface area contributed by atoms with E-state index in [1.807, 2.05) is 0 Å². The molecule has 0 rings (SSSR count). The number of rotatable bonds is 6. The molecule has 0 saturated carbocycles. The lowest BCUT2D eigenvalue weighted by molar-refractivity contribution is -0.222. The molecule has 0 spiro atoms. The molecule has 0 amide bonds. The average Bonchev–Trinajstić information content (AvgIpc) is 2.24. The Bertz CT molecular complexity index is 263. The van der Waals surface area contributed by atoms with Gasteiger partial charge in [-0.3, -0.25) is 0 Å². The van der Waals surface area contributed by atoms with Crippen molar-refractivity contribution < 1.29 is 22.7 Å². The Morgan fingerprint density at radius 1 is 1.50 bits per heavy atom. The monoisotopic (exact) mass is 258 g/mol. The van der Waals surface area contributed by atoms with E-state index in [4.69, 9.17) is 11.6 Å². The second-order valence-electron chi connectivity index (χ2n) is 3.25. The molecule has 6 heteroatoms. The van der Waals surface area contributed by atoms with E-state index in [1.165, 1.54) is 13.8 Å². The highest BCUT2D eigenvalue weighted by atomic mass is 35.5. The summed E-state index contributed by atoms with van der Waals surface area (Å²) in [5.74, 6) is -4.97. The summed E-state index contributed by atoms with van der Waals surface area (Å²) in [6.07, 6.45) is 0.254. The van der Waals surface area contributed by atoms with Gasteiger partial charge in [-0.15, -0.1) is 0 Å². The lowest BCUT2D eigenvalue weighted by Gasteiger charge is -2.38.